The van der Waals surface area contributed by atoms with Gasteiger partial charge in [0.1, 0.15) is 5.75 Å². The van der Waals surface area contributed by atoms with E-state index in [2.05, 4.69) is 32.2 Å². The van der Waals surface area contributed by atoms with Gasteiger partial charge in [0.2, 0.25) is 0 Å². The summed E-state index contributed by atoms with van der Waals surface area (Å²) in [7, 11) is 0. The van der Waals surface area contributed by atoms with Crippen molar-refractivity contribution in [2.45, 2.75) is 33.7 Å². The fourth-order valence-corrected chi connectivity index (χ4v) is 3.15. The van der Waals surface area contributed by atoms with E-state index in [9.17, 15) is 0 Å². The highest BCUT2D eigenvalue weighted by molar-refractivity contribution is 7.12. The highest BCUT2D eigenvalue weighted by atomic mass is 35.5. The number of hydrogen-bond acceptors (Lipinski definition) is 3. The van der Waals surface area contributed by atoms with Gasteiger partial charge in [-0.1, -0.05) is 18.5 Å². The summed E-state index contributed by atoms with van der Waals surface area (Å²) in [6, 6.07) is 7.93. The van der Waals surface area contributed by atoms with Gasteiger partial charge >= 0.3 is 0 Å². The zero-order valence-corrected chi connectivity index (χ0v) is 13.7. The van der Waals surface area contributed by atoms with Gasteiger partial charge in [-0.15, -0.1) is 11.3 Å². The highest BCUT2D eigenvalue weighted by Crippen LogP contribution is 2.29. The molecular weight excluding hydrogens is 290 g/mol. The first kappa shape index (κ1) is 15.2. The van der Waals surface area contributed by atoms with Gasteiger partial charge in [-0.2, -0.15) is 0 Å². The van der Waals surface area contributed by atoms with E-state index in [-0.39, 0.29) is 0 Å². The SMILES string of the molecule is CCCOc1ccc(Cl)cc1NCc1cc(C)sc1C. The van der Waals surface area contributed by atoms with Crippen LogP contribution < -0.4 is 10.1 Å². The van der Waals surface area contributed by atoms with E-state index in [4.69, 9.17) is 16.3 Å². The van der Waals surface area contributed by atoms with Crippen molar-refractivity contribution in [3.63, 3.8) is 0 Å². The quantitative estimate of drug-likeness (QED) is 0.769. The molecule has 1 N–H and O–H groups in total. The van der Waals surface area contributed by atoms with Crippen molar-refractivity contribution in [2.75, 3.05) is 11.9 Å². The van der Waals surface area contributed by atoms with Crippen LogP contribution in [0.1, 0.15) is 28.7 Å². The number of benzene rings is 1. The Morgan fingerprint density at radius 3 is 2.70 bits per heavy atom. The minimum atomic E-state index is 0.715. The molecule has 4 heteroatoms. The summed E-state index contributed by atoms with van der Waals surface area (Å²) in [6.45, 7) is 7.89. The van der Waals surface area contributed by atoms with Gasteiger partial charge in [0, 0.05) is 21.3 Å². The largest absolute Gasteiger partial charge is 0.491 e. The van der Waals surface area contributed by atoms with Crippen LogP contribution in [0.25, 0.3) is 0 Å². The van der Waals surface area contributed by atoms with Crippen molar-refractivity contribution in [1.29, 1.82) is 0 Å². The van der Waals surface area contributed by atoms with Crippen molar-refractivity contribution < 1.29 is 4.74 Å². The van der Waals surface area contributed by atoms with Gasteiger partial charge in [-0.05, 0) is 50.1 Å². The molecular formula is C16H20ClNOS. The van der Waals surface area contributed by atoms with Crippen LogP contribution in [-0.2, 0) is 6.54 Å². The summed E-state index contributed by atoms with van der Waals surface area (Å²) >= 11 is 7.90. The van der Waals surface area contributed by atoms with E-state index in [1.165, 1.54) is 15.3 Å². The highest BCUT2D eigenvalue weighted by Gasteiger charge is 2.07. The second-order valence-electron chi connectivity index (χ2n) is 4.78. The fourth-order valence-electron chi connectivity index (χ4n) is 2.03. The molecule has 0 bridgehead atoms. The number of halogens is 1. The summed E-state index contributed by atoms with van der Waals surface area (Å²) in [5.41, 5.74) is 2.28. The molecule has 1 aromatic carbocycles. The number of thiophene rings is 1. The Morgan fingerprint density at radius 1 is 1.25 bits per heavy atom. The predicted molar refractivity (Wildman–Crippen MR) is 88.4 cm³/mol. The molecule has 0 saturated heterocycles. The molecule has 0 saturated carbocycles. The van der Waals surface area contributed by atoms with E-state index >= 15 is 0 Å². The third-order valence-electron chi connectivity index (χ3n) is 3.02. The normalized spacial score (nSPS) is 10.6. The summed E-state index contributed by atoms with van der Waals surface area (Å²) in [4.78, 5) is 2.70. The molecule has 1 aromatic heterocycles. The Bertz CT molecular complexity index is 580. The minimum absolute atomic E-state index is 0.715. The number of rotatable bonds is 6. The Balaban J connectivity index is 2.11. The van der Waals surface area contributed by atoms with Gasteiger partial charge in [-0.25, -0.2) is 0 Å². The molecule has 0 aliphatic heterocycles. The van der Waals surface area contributed by atoms with Crippen molar-refractivity contribution in [1.82, 2.24) is 0 Å². The number of hydrogen-bond donors (Lipinski definition) is 1. The zero-order valence-electron chi connectivity index (χ0n) is 12.1. The molecule has 0 amide bonds. The molecule has 2 rings (SSSR count). The Labute approximate surface area is 129 Å². The monoisotopic (exact) mass is 309 g/mol. The van der Waals surface area contributed by atoms with Gasteiger partial charge in [0.25, 0.3) is 0 Å². The Kier molecular flexibility index (Phi) is 5.32. The minimum Gasteiger partial charge on any atom is -0.491 e. The lowest BCUT2D eigenvalue weighted by Gasteiger charge is -2.13. The topological polar surface area (TPSA) is 21.3 Å². The molecule has 108 valence electrons. The standard InChI is InChI=1S/C16H20ClNOS/c1-4-7-19-16-6-5-14(17)9-15(16)18-10-13-8-11(2)20-12(13)3/h5-6,8-9,18H,4,7,10H2,1-3H3. The van der Waals surface area contributed by atoms with Crippen LogP contribution in [-0.4, -0.2) is 6.61 Å². The van der Waals surface area contributed by atoms with Crippen LogP contribution in [0.3, 0.4) is 0 Å². The van der Waals surface area contributed by atoms with E-state index in [1.54, 1.807) is 0 Å². The molecule has 2 nitrogen and oxygen atoms in total. The Morgan fingerprint density at radius 2 is 2.05 bits per heavy atom. The smallest absolute Gasteiger partial charge is 0.142 e. The first-order valence-corrected chi connectivity index (χ1v) is 8.01. The van der Waals surface area contributed by atoms with Crippen LogP contribution in [0, 0.1) is 13.8 Å². The molecule has 20 heavy (non-hydrogen) atoms. The van der Waals surface area contributed by atoms with Crippen LogP contribution in [0.4, 0.5) is 5.69 Å². The molecule has 0 aliphatic carbocycles. The van der Waals surface area contributed by atoms with E-state index in [0.29, 0.717) is 6.61 Å². The lowest BCUT2D eigenvalue weighted by molar-refractivity contribution is 0.319. The maximum Gasteiger partial charge on any atom is 0.142 e. The van der Waals surface area contributed by atoms with E-state index in [0.717, 1.165) is 29.4 Å². The summed E-state index contributed by atoms with van der Waals surface area (Å²) in [6.07, 6.45) is 0.991. The third-order valence-corrected chi connectivity index (χ3v) is 4.26. The number of nitrogens with one attached hydrogen (secondary N) is 1. The predicted octanol–water partition coefficient (Wildman–Crippen LogP) is 5.42. The molecule has 0 radical (unpaired) electrons. The number of aryl methyl sites for hydroxylation is 2. The molecule has 2 aromatic rings. The zero-order chi connectivity index (χ0) is 14.5. The first-order valence-electron chi connectivity index (χ1n) is 6.82. The van der Waals surface area contributed by atoms with Crippen LogP contribution in [0.2, 0.25) is 5.02 Å². The average Bonchev–Trinajstić information content (AvgIpc) is 2.73. The first-order chi connectivity index (χ1) is 9.60. The van der Waals surface area contributed by atoms with Crippen molar-refractivity contribution in [3.8, 4) is 5.75 Å². The van der Waals surface area contributed by atoms with Crippen LogP contribution >= 0.6 is 22.9 Å². The number of ether oxygens (including phenoxy) is 1. The fraction of sp³-hybridized carbons (Fsp3) is 0.375. The van der Waals surface area contributed by atoms with Gasteiger partial charge in [-0.3, -0.25) is 0 Å². The van der Waals surface area contributed by atoms with Crippen LogP contribution in [0.15, 0.2) is 24.3 Å². The van der Waals surface area contributed by atoms with Gasteiger partial charge in [0.15, 0.2) is 0 Å². The maximum absolute atomic E-state index is 6.07. The number of anilines is 1. The molecule has 0 spiro atoms. The van der Waals surface area contributed by atoms with Crippen molar-refractivity contribution in [3.05, 3.63) is 44.6 Å². The van der Waals surface area contributed by atoms with Crippen molar-refractivity contribution in [2.24, 2.45) is 0 Å². The van der Waals surface area contributed by atoms with Crippen LogP contribution in [0.5, 0.6) is 5.75 Å². The summed E-state index contributed by atoms with van der Waals surface area (Å²) in [5, 5.41) is 4.15. The average molecular weight is 310 g/mol. The van der Waals surface area contributed by atoms with Gasteiger partial charge < -0.3 is 10.1 Å². The molecule has 1 heterocycles. The molecule has 0 aliphatic rings. The van der Waals surface area contributed by atoms with Gasteiger partial charge in [0.05, 0.1) is 12.3 Å². The van der Waals surface area contributed by atoms with Crippen molar-refractivity contribution >= 4 is 28.6 Å². The third kappa shape index (κ3) is 3.90. The molecule has 0 atom stereocenters. The summed E-state index contributed by atoms with van der Waals surface area (Å²) in [5.74, 6) is 0.862. The molecule has 0 unspecified atom stereocenters. The summed E-state index contributed by atoms with van der Waals surface area (Å²) < 4.78 is 5.75. The van der Waals surface area contributed by atoms with E-state index < -0.39 is 0 Å². The second-order valence-corrected chi connectivity index (χ2v) is 6.68. The molecule has 0 fully saturated rings. The lowest BCUT2D eigenvalue weighted by Crippen LogP contribution is -2.03. The maximum atomic E-state index is 6.07. The lowest BCUT2D eigenvalue weighted by atomic mass is 10.2. The second kappa shape index (κ2) is 7.00. The van der Waals surface area contributed by atoms with E-state index in [1.807, 2.05) is 29.5 Å². The Hall–Kier alpha value is -1.19.